The van der Waals surface area contributed by atoms with Crippen LogP contribution in [0, 0.1) is 0 Å². The number of carbonyl (C=O) groups is 1. The molecule has 25 heavy (non-hydrogen) atoms. The number of fused-ring (bicyclic) bond motifs is 1. The average molecular weight is 336 g/mol. The molecule has 0 unspecified atom stereocenters. The lowest BCUT2D eigenvalue weighted by atomic mass is 10.0. The van der Waals surface area contributed by atoms with Gasteiger partial charge in [0, 0.05) is 10.9 Å². The lowest BCUT2D eigenvalue weighted by Gasteiger charge is -2.08. The summed E-state index contributed by atoms with van der Waals surface area (Å²) in [6, 6.07) is 17.6. The van der Waals surface area contributed by atoms with Crippen LogP contribution in [-0.2, 0) is 11.2 Å². The molecule has 0 spiro atoms. The van der Waals surface area contributed by atoms with Crippen LogP contribution in [0.5, 0.6) is 0 Å². The number of hydrogen-bond donors (Lipinski definition) is 3. The van der Waals surface area contributed by atoms with Crippen LogP contribution in [0.3, 0.4) is 0 Å². The first-order valence-electron chi connectivity index (χ1n) is 8.83. The predicted octanol–water partition coefficient (Wildman–Crippen LogP) is 4.22. The summed E-state index contributed by atoms with van der Waals surface area (Å²) in [5.41, 5.74) is 3.71. The fourth-order valence-corrected chi connectivity index (χ4v) is 3.19. The first-order valence-corrected chi connectivity index (χ1v) is 8.83. The average Bonchev–Trinajstić information content (AvgIpc) is 3.02. The molecule has 0 aliphatic carbocycles. The predicted molar refractivity (Wildman–Crippen MR) is 102 cm³/mol. The van der Waals surface area contributed by atoms with Crippen molar-refractivity contribution in [3.63, 3.8) is 0 Å². The van der Waals surface area contributed by atoms with Gasteiger partial charge in [0.2, 0.25) is 0 Å². The van der Waals surface area contributed by atoms with Gasteiger partial charge in [-0.15, -0.1) is 0 Å². The molecule has 0 atom stereocenters. The van der Waals surface area contributed by atoms with Gasteiger partial charge in [-0.1, -0.05) is 55.0 Å². The van der Waals surface area contributed by atoms with Crippen molar-refractivity contribution in [1.29, 1.82) is 0 Å². The molecule has 3 aromatic rings. The maximum atomic E-state index is 11.1. The van der Waals surface area contributed by atoms with Crippen LogP contribution in [0.4, 0.5) is 0 Å². The summed E-state index contributed by atoms with van der Waals surface area (Å²) in [6.45, 7) is 2.50. The van der Waals surface area contributed by atoms with E-state index in [0.29, 0.717) is 0 Å². The van der Waals surface area contributed by atoms with Crippen molar-refractivity contribution in [2.75, 3.05) is 13.1 Å². The second-order valence-corrected chi connectivity index (χ2v) is 6.27. The van der Waals surface area contributed by atoms with Gasteiger partial charge in [0.1, 0.15) is 0 Å². The molecule has 0 bridgehead atoms. The van der Waals surface area contributed by atoms with E-state index in [2.05, 4.69) is 10.3 Å². The number of nitrogens with one attached hydrogen (secondary N) is 2. The number of aromatic amines is 1. The Hall–Kier alpha value is -2.59. The highest BCUT2D eigenvalue weighted by Gasteiger charge is 2.15. The van der Waals surface area contributed by atoms with Crippen molar-refractivity contribution in [2.45, 2.75) is 25.7 Å². The number of benzene rings is 2. The number of H-pyrrole nitrogens is 1. The Morgan fingerprint density at radius 2 is 1.60 bits per heavy atom. The van der Waals surface area contributed by atoms with Crippen LogP contribution in [0.15, 0.2) is 54.6 Å². The van der Waals surface area contributed by atoms with E-state index in [9.17, 15) is 4.79 Å². The molecule has 0 amide bonds. The molecule has 1 saturated heterocycles. The van der Waals surface area contributed by atoms with Crippen molar-refractivity contribution in [3.05, 3.63) is 60.2 Å². The molecule has 0 saturated carbocycles. The van der Waals surface area contributed by atoms with Gasteiger partial charge >= 0.3 is 5.97 Å². The number of carboxylic acid groups (broad SMARTS) is 1. The second-order valence-electron chi connectivity index (χ2n) is 6.27. The number of aromatic nitrogens is 1. The lowest BCUT2D eigenvalue weighted by Crippen LogP contribution is -2.21. The normalized spacial score (nSPS) is 13.9. The third kappa shape index (κ3) is 4.48. The van der Waals surface area contributed by atoms with Crippen molar-refractivity contribution in [1.82, 2.24) is 10.3 Å². The monoisotopic (exact) mass is 336 g/mol. The number of piperidine rings is 1. The van der Waals surface area contributed by atoms with Crippen LogP contribution < -0.4 is 5.32 Å². The lowest BCUT2D eigenvalue weighted by molar-refractivity contribution is -0.136. The SMILES string of the molecule is C1CCNCC1.O=C(O)Cc1c(-c2ccccc2)[nH]c2ccccc12. The smallest absolute Gasteiger partial charge is 0.307 e. The minimum Gasteiger partial charge on any atom is -0.481 e. The summed E-state index contributed by atoms with van der Waals surface area (Å²) in [7, 11) is 0. The molecule has 1 aromatic heterocycles. The van der Waals surface area contributed by atoms with E-state index in [1.165, 1.54) is 32.4 Å². The van der Waals surface area contributed by atoms with Crippen LogP contribution in [0.1, 0.15) is 24.8 Å². The summed E-state index contributed by atoms with van der Waals surface area (Å²) in [4.78, 5) is 14.4. The molecular weight excluding hydrogens is 312 g/mol. The van der Waals surface area contributed by atoms with E-state index in [0.717, 1.165) is 27.7 Å². The minimum absolute atomic E-state index is 0.0221. The summed E-state index contributed by atoms with van der Waals surface area (Å²) >= 11 is 0. The standard InChI is InChI=1S/C16H13NO2.C5H11N/c18-15(19)10-13-12-8-4-5-9-14(12)17-16(13)11-6-2-1-3-7-11;1-2-4-6-5-3-1/h1-9,17H,10H2,(H,18,19);6H,1-5H2. The first kappa shape index (κ1) is 17.2. The van der Waals surface area contributed by atoms with Crippen LogP contribution >= 0.6 is 0 Å². The number of para-hydroxylation sites is 1. The van der Waals surface area contributed by atoms with Gasteiger partial charge in [-0.25, -0.2) is 0 Å². The molecule has 4 nitrogen and oxygen atoms in total. The second kappa shape index (κ2) is 8.49. The van der Waals surface area contributed by atoms with E-state index in [1.807, 2.05) is 54.6 Å². The van der Waals surface area contributed by atoms with Crippen molar-refractivity contribution >= 4 is 16.9 Å². The van der Waals surface area contributed by atoms with Crippen LogP contribution in [0.2, 0.25) is 0 Å². The van der Waals surface area contributed by atoms with Gasteiger partial charge < -0.3 is 15.4 Å². The zero-order chi connectivity index (χ0) is 17.5. The minimum atomic E-state index is -0.818. The quantitative estimate of drug-likeness (QED) is 0.671. The number of carboxylic acids is 1. The van der Waals surface area contributed by atoms with E-state index >= 15 is 0 Å². The fraction of sp³-hybridized carbons (Fsp3) is 0.286. The Bertz CT molecular complexity index is 809. The maximum absolute atomic E-state index is 11.1. The Kier molecular flexibility index (Phi) is 5.86. The van der Waals surface area contributed by atoms with Gasteiger partial charge in [-0.3, -0.25) is 4.79 Å². The molecule has 2 aromatic carbocycles. The molecule has 2 heterocycles. The molecule has 3 N–H and O–H groups in total. The largest absolute Gasteiger partial charge is 0.481 e. The Balaban J connectivity index is 0.000000258. The Morgan fingerprint density at radius 3 is 2.20 bits per heavy atom. The third-order valence-corrected chi connectivity index (χ3v) is 4.41. The molecule has 1 fully saturated rings. The first-order chi connectivity index (χ1) is 12.3. The maximum Gasteiger partial charge on any atom is 0.307 e. The zero-order valence-electron chi connectivity index (χ0n) is 14.3. The van der Waals surface area contributed by atoms with Gasteiger partial charge in [-0.05, 0) is 43.1 Å². The van der Waals surface area contributed by atoms with Crippen molar-refractivity contribution in [3.8, 4) is 11.3 Å². The molecule has 1 aliphatic rings. The number of aliphatic carboxylic acids is 1. The molecule has 0 radical (unpaired) electrons. The highest BCUT2D eigenvalue weighted by Crippen LogP contribution is 2.30. The highest BCUT2D eigenvalue weighted by molar-refractivity contribution is 5.93. The van der Waals surface area contributed by atoms with E-state index in [4.69, 9.17) is 5.11 Å². The Morgan fingerprint density at radius 1 is 0.920 bits per heavy atom. The molecule has 4 rings (SSSR count). The van der Waals surface area contributed by atoms with Gasteiger partial charge in [-0.2, -0.15) is 0 Å². The van der Waals surface area contributed by atoms with Gasteiger partial charge in [0.25, 0.3) is 0 Å². The molecule has 4 heteroatoms. The highest BCUT2D eigenvalue weighted by atomic mass is 16.4. The topological polar surface area (TPSA) is 65.1 Å². The van der Waals surface area contributed by atoms with Crippen LogP contribution in [0.25, 0.3) is 22.2 Å². The number of hydrogen-bond acceptors (Lipinski definition) is 2. The van der Waals surface area contributed by atoms with Gasteiger partial charge in [0.15, 0.2) is 0 Å². The van der Waals surface area contributed by atoms with Gasteiger partial charge in [0.05, 0.1) is 12.1 Å². The molecule has 130 valence electrons. The molecular formula is C21H24N2O2. The fourth-order valence-electron chi connectivity index (χ4n) is 3.19. The van der Waals surface area contributed by atoms with E-state index in [1.54, 1.807) is 0 Å². The van der Waals surface area contributed by atoms with Crippen molar-refractivity contribution in [2.24, 2.45) is 0 Å². The van der Waals surface area contributed by atoms with Crippen molar-refractivity contribution < 1.29 is 9.90 Å². The third-order valence-electron chi connectivity index (χ3n) is 4.41. The summed E-state index contributed by atoms with van der Waals surface area (Å²) in [5.74, 6) is -0.818. The molecule has 1 aliphatic heterocycles. The van der Waals surface area contributed by atoms with E-state index in [-0.39, 0.29) is 6.42 Å². The number of rotatable bonds is 3. The summed E-state index contributed by atoms with van der Waals surface area (Å²) < 4.78 is 0. The summed E-state index contributed by atoms with van der Waals surface area (Å²) in [5, 5.41) is 13.4. The zero-order valence-corrected chi connectivity index (χ0v) is 14.3. The van der Waals surface area contributed by atoms with E-state index < -0.39 is 5.97 Å². The Labute approximate surface area is 147 Å². The van der Waals surface area contributed by atoms with Crippen LogP contribution in [-0.4, -0.2) is 29.1 Å². The summed E-state index contributed by atoms with van der Waals surface area (Å²) in [6.07, 6.45) is 4.24.